The molecule has 196 valence electrons. The molecule has 0 spiro atoms. The first kappa shape index (κ1) is 27.5. The number of hydrogen-bond acceptors (Lipinski definition) is 9. The third kappa shape index (κ3) is 7.72. The third-order valence-corrected chi connectivity index (χ3v) is 5.52. The molecule has 1 saturated heterocycles. The first-order valence-corrected chi connectivity index (χ1v) is 11.5. The summed E-state index contributed by atoms with van der Waals surface area (Å²) < 4.78 is 21.5. The van der Waals surface area contributed by atoms with Gasteiger partial charge in [-0.25, -0.2) is 4.79 Å². The van der Waals surface area contributed by atoms with E-state index in [9.17, 15) is 30.0 Å². The van der Waals surface area contributed by atoms with Gasteiger partial charge in [-0.15, -0.1) is 0 Å². The van der Waals surface area contributed by atoms with Gasteiger partial charge in [0.2, 0.25) is 0 Å². The molecular weight excluding hydrogens is 474 g/mol. The molecule has 11 nitrogen and oxygen atoms in total. The Hall–Kier alpha value is -3.06. The molecule has 1 heterocycles. The van der Waals surface area contributed by atoms with Gasteiger partial charge in [-0.1, -0.05) is 30.3 Å². The summed E-state index contributed by atoms with van der Waals surface area (Å²) in [5.74, 6) is -1.25. The van der Waals surface area contributed by atoms with Crippen molar-refractivity contribution < 1.29 is 49.0 Å². The molecule has 0 saturated carbocycles. The largest absolute Gasteiger partial charge is 0.484 e. The number of hydrogen-bond donors (Lipinski definition) is 5. The number of benzene rings is 2. The zero-order valence-corrected chi connectivity index (χ0v) is 19.8. The maximum Gasteiger partial charge on any atom is 0.335 e. The van der Waals surface area contributed by atoms with Gasteiger partial charge < -0.3 is 44.7 Å². The highest BCUT2D eigenvalue weighted by molar-refractivity contribution is 5.90. The smallest absolute Gasteiger partial charge is 0.335 e. The van der Waals surface area contributed by atoms with Crippen LogP contribution in [0.2, 0.25) is 0 Å². The van der Waals surface area contributed by atoms with Crippen molar-refractivity contribution in [3.05, 3.63) is 54.1 Å². The Morgan fingerprint density at radius 2 is 1.69 bits per heavy atom. The molecule has 1 aliphatic heterocycles. The first-order chi connectivity index (χ1) is 17.3. The van der Waals surface area contributed by atoms with Gasteiger partial charge >= 0.3 is 5.97 Å². The molecule has 0 unspecified atom stereocenters. The van der Waals surface area contributed by atoms with Crippen LogP contribution in [0.25, 0.3) is 11.1 Å². The van der Waals surface area contributed by atoms with Crippen molar-refractivity contribution >= 4 is 11.9 Å². The monoisotopic (exact) mass is 505 g/mol. The minimum Gasteiger partial charge on any atom is -0.484 e. The molecule has 3 rings (SSSR count). The summed E-state index contributed by atoms with van der Waals surface area (Å²) in [4.78, 5) is 23.6. The Kier molecular flexibility index (Phi) is 10.2. The van der Waals surface area contributed by atoms with E-state index in [-0.39, 0.29) is 44.3 Å². The molecule has 0 bridgehead atoms. The SMILES string of the molecule is C[C@@H]1O[C@@H](OCCOCCNC(=O)COc2cc(C(=O)O)cc(-c3ccccc3)c2)[C@H](O)[C@H](O)[C@H]1O. The number of aromatic carboxylic acids is 1. The standard InChI is InChI=1S/C25H31NO10/c1-15-21(28)22(29)23(30)25(36-15)34-10-9-33-8-7-26-20(27)14-35-19-12-17(11-18(13-19)24(31)32)16-5-3-2-4-6-16/h2-6,11-13,15,21-23,25,28-30H,7-10,14H2,1H3,(H,26,27)(H,31,32)/t15-,21-,22+,23+,25+/m0/s1. The fraction of sp³-hybridized carbons (Fsp3) is 0.440. The summed E-state index contributed by atoms with van der Waals surface area (Å²) in [7, 11) is 0. The number of carbonyl (C=O) groups is 2. The number of amides is 1. The van der Waals surface area contributed by atoms with Crippen LogP contribution >= 0.6 is 0 Å². The maximum absolute atomic E-state index is 12.1. The summed E-state index contributed by atoms with van der Waals surface area (Å²) in [5, 5.41) is 41.3. The number of aliphatic hydroxyl groups excluding tert-OH is 3. The third-order valence-electron chi connectivity index (χ3n) is 5.52. The van der Waals surface area contributed by atoms with E-state index in [1.807, 2.05) is 30.3 Å². The van der Waals surface area contributed by atoms with Gasteiger partial charge in [0, 0.05) is 6.54 Å². The van der Waals surface area contributed by atoms with Crippen LogP contribution in [0, 0.1) is 0 Å². The predicted octanol–water partition coefficient (Wildman–Crippen LogP) is 0.407. The van der Waals surface area contributed by atoms with Crippen LogP contribution in [-0.2, 0) is 19.0 Å². The van der Waals surface area contributed by atoms with Crippen molar-refractivity contribution in [1.82, 2.24) is 5.32 Å². The molecule has 1 fully saturated rings. The normalized spacial score (nSPS) is 23.7. The molecule has 2 aromatic rings. The summed E-state index contributed by atoms with van der Waals surface area (Å²) in [6.45, 7) is 1.87. The van der Waals surface area contributed by atoms with Crippen molar-refractivity contribution in [2.24, 2.45) is 0 Å². The molecule has 11 heteroatoms. The predicted molar refractivity (Wildman–Crippen MR) is 126 cm³/mol. The van der Waals surface area contributed by atoms with Gasteiger partial charge in [-0.2, -0.15) is 0 Å². The number of aliphatic hydroxyl groups is 3. The second kappa shape index (κ2) is 13.3. The fourth-order valence-corrected chi connectivity index (χ4v) is 3.54. The van der Waals surface area contributed by atoms with E-state index in [1.54, 1.807) is 19.1 Å². The molecule has 0 aromatic heterocycles. The number of carboxylic acids is 1. The van der Waals surface area contributed by atoms with E-state index in [1.165, 1.54) is 6.07 Å². The highest BCUT2D eigenvalue weighted by Gasteiger charge is 2.42. The van der Waals surface area contributed by atoms with Gasteiger partial charge in [0.1, 0.15) is 24.1 Å². The van der Waals surface area contributed by atoms with Crippen molar-refractivity contribution in [1.29, 1.82) is 0 Å². The van der Waals surface area contributed by atoms with E-state index in [0.29, 0.717) is 5.56 Å². The Morgan fingerprint density at radius 3 is 2.42 bits per heavy atom. The quantitative estimate of drug-likeness (QED) is 0.255. The van der Waals surface area contributed by atoms with Gasteiger partial charge in [0.05, 0.1) is 31.5 Å². The lowest BCUT2D eigenvalue weighted by Crippen LogP contribution is -2.57. The number of rotatable bonds is 12. The van der Waals surface area contributed by atoms with Crippen LogP contribution in [0.15, 0.2) is 48.5 Å². The number of carbonyl (C=O) groups excluding carboxylic acids is 1. The van der Waals surface area contributed by atoms with Crippen molar-refractivity contribution in [3.63, 3.8) is 0 Å². The van der Waals surface area contributed by atoms with E-state index >= 15 is 0 Å². The molecular formula is C25H31NO10. The molecule has 0 aliphatic carbocycles. The van der Waals surface area contributed by atoms with Crippen molar-refractivity contribution in [3.8, 4) is 16.9 Å². The van der Waals surface area contributed by atoms with E-state index in [4.69, 9.17) is 18.9 Å². The van der Waals surface area contributed by atoms with Crippen LogP contribution in [0.4, 0.5) is 0 Å². The van der Waals surface area contributed by atoms with Crippen LogP contribution in [-0.4, -0.2) is 96.0 Å². The highest BCUT2D eigenvalue weighted by atomic mass is 16.7. The fourth-order valence-electron chi connectivity index (χ4n) is 3.54. The highest BCUT2D eigenvalue weighted by Crippen LogP contribution is 2.26. The van der Waals surface area contributed by atoms with Gasteiger partial charge in [0.15, 0.2) is 12.9 Å². The lowest BCUT2D eigenvalue weighted by Gasteiger charge is -2.38. The molecule has 0 radical (unpaired) electrons. The summed E-state index contributed by atoms with van der Waals surface area (Å²) >= 11 is 0. The van der Waals surface area contributed by atoms with Crippen LogP contribution in [0.5, 0.6) is 5.75 Å². The molecule has 5 atom stereocenters. The number of ether oxygens (including phenoxy) is 4. The average molecular weight is 506 g/mol. The summed E-state index contributed by atoms with van der Waals surface area (Å²) in [5.41, 5.74) is 1.53. The Bertz CT molecular complexity index is 1000. The first-order valence-electron chi connectivity index (χ1n) is 11.5. The molecule has 2 aromatic carbocycles. The van der Waals surface area contributed by atoms with Gasteiger partial charge in [-0.3, -0.25) is 4.79 Å². The topological polar surface area (TPSA) is 164 Å². The van der Waals surface area contributed by atoms with Crippen LogP contribution in [0.3, 0.4) is 0 Å². The van der Waals surface area contributed by atoms with Crippen molar-refractivity contribution in [2.75, 3.05) is 33.0 Å². The number of nitrogens with one attached hydrogen (secondary N) is 1. The maximum atomic E-state index is 12.1. The van der Waals surface area contributed by atoms with Crippen molar-refractivity contribution in [2.45, 2.75) is 37.6 Å². The zero-order valence-electron chi connectivity index (χ0n) is 19.8. The lowest BCUT2D eigenvalue weighted by molar-refractivity contribution is -0.294. The Labute approximate surface area is 208 Å². The van der Waals surface area contributed by atoms with Crippen LogP contribution < -0.4 is 10.1 Å². The summed E-state index contributed by atoms with van der Waals surface area (Å²) in [6, 6.07) is 13.8. The molecule has 1 amide bonds. The van der Waals surface area contributed by atoms with E-state index < -0.39 is 42.6 Å². The molecule has 1 aliphatic rings. The second-order valence-corrected chi connectivity index (χ2v) is 8.22. The summed E-state index contributed by atoms with van der Waals surface area (Å²) in [6.07, 6.45) is -5.72. The number of carboxylic acid groups (broad SMARTS) is 1. The lowest BCUT2D eigenvalue weighted by atomic mass is 10.0. The Morgan fingerprint density at radius 1 is 0.944 bits per heavy atom. The second-order valence-electron chi connectivity index (χ2n) is 8.22. The van der Waals surface area contributed by atoms with E-state index in [2.05, 4.69) is 5.32 Å². The van der Waals surface area contributed by atoms with Gasteiger partial charge in [0.25, 0.3) is 5.91 Å². The minimum absolute atomic E-state index is 0.0497. The zero-order chi connectivity index (χ0) is 26.1. The minimum atomic E-state index is -1.38. The van der Waals surface area contributed by atoms with Gasteiger partial charge in [-0.05, 0) is 36.2 Å². The van der Waals surface area contributed by atoms with E-state index in [0.717, 1.165) is 5.56 Å². The molecule has 5 N–H and O–H groups in total. The molecule has 36 heavy (non-hydrogen) atoms. The van der Waals surface area contributed by atoms with Crippen LogP contribution in [0.1, 0.15) is 17.3 Å². The average Bonchev–Trinajstić information content (AvgIpc) is 2.88. The Balaban J connectivity index is 1.35.